The van der Waals surface area contributed by atoms with Crippen LogP contribution in [0, 0.1) is 8.98 Å². The van der Waals surface area contributed by atoms with Gasteiger partial charge in [-0.1, -0.05) is 23.9 Å². The van der Waals surface area contributed by atoms with E-state index < -0.39 is 0 Å². The van der Waals surface area contributed by atoms with Crippen molar-refractivity contribution in [2.45, 2.75) is 0 Å². The van der Waals surface area contributed by atoms with E-state index in [-0.39, 0.29) is 16.8 Å². The van der Waals surface area contributed by atoms with Gasteiger partial charge in [0, 0.05) is 3.57 Å². The molecule has 1 aromatic carbocycles. The number of thioether (sulfide) groups is 1. The quantitative estimate of drug-likeness (QED) is 0.448. The van der Waals surface area contributed by atoms with Crippen LogP contribution in [0.1, 0.15) is 0 Å². The van der Waals surface area contributed by atoms with Gasteiger partial charge in [-0.2, -0.15) is 0 Å². The second-order valence-electron chi connectivity index (χ2n) is 2.68. The van der Waals surface area contributed by atoms with E-state index >= 15 is 0 Å². The highest BCUT2D eigenvalue weighted by Gasteiger charge is 2.05. The van der Waals surface area contributed by atoms with Crippen LogP contribution < -0.4 is 11.1 Å². The number of halogens is 1. The molecule has 0 aliphatic rings. The minimum Gasteiger partial charge on any atom is -0.379 e. The first-order chi connectivity index (χ1) is 7.09. The number of rotatable bonds is 3. The first kappa shape index (κ1) is 12.3. The Balaban J connectivity index is 2.52. The van der Waals surface area contributed by atoms with E-state index in [9.17, 15) is 4.79 Å². The molecule has 0 fully saturated rings. The van der Waals surface area contributed by atoms with Crippen molar-refractivity contribution in [3.05, 3.63) is 27.8 Å². The fourth-order valence-corrected chi connectivity index (χ4v) is 1.77. The number of nitrogens with one attached hydrogen (secondary N) is 2. The van der Waals surface area contributed by atoms with Crippen molar-refractivity contribution < 1.29 is 4.79 Å². The molecular formula is C9H10IN3OS. The summed E-state index contributed by atoms with van der Waals surface area (Å²) >= 11 is 3.16. The number of carbonyl (C=O) groups excluding carboxylic acids is 1. The van der Waals surface area contributed by atoms with Gasteiger partial charge in [0.05, 0.1) is 11.4 Å². The molecule has 4 N–H and O–H groups in total. The SMILES string of the molecule is N=C(N)SCC(=O)Nc1ccccc1I. The fourth-order valence-electron chi connectivity index (χ4n) is 0.892. The number of benzene rings is 1. The van der Waals surface area contributed by atoms with Gasteiger partial charge in [0.15, 0.2) is 5.17 Å². The van der Waals surface area contributed by atoms with Crippen molar-refractivity contribution in [2.24, 2.45) is 5.73 Å². The molecule has 1 rings (SSSR count). The third kappa shape index (κ3) is 4.52. The number of carbonyl (C=O) groups is 1. The summed E-state index contributed by atoms with van der Waals surface area (Å²) in [4.78, 5) is 11.4. The Bertz CT molecular complexity index is 383. The number of hydrogen-bond donors (Lipinski definition) is 3. The maximum Gasteiger partial charge on any atom is 0.234 e. The number of amidine groups is 1. The molecule has 0 atom stereocenters. The van der Waals surface area contributed by atoms with Crippen LogP contribution in [0.3, 0.4) is 0 Å². The van der Waals surface area contributed by atoms with Crippen molar-refractivity contribution in [3.8, 4) is 0 Å². The molecule has 0 heterocycles. The van der Waals surface area contributed by atoms with Crippen molar-refractivity contribution in [3.63, 3.8) is 0 Å². The van der Waals surface area contributed by atoms with Gasteiger partial charge < -0.3 is 11.1 Å². The Kier molecular flexibility index (Phi) is 4.89. The summed E-state index contributed by atoms with van der Waals surface area (Å²) in [6, 6.07) is 7.50. The number of hydrogen-bond acceptors (Lipinski definition) is 3. The van der Waals surface area contributed by atoms with Gasteiger partial charge in [-0.25, -0.2) is 0 Å². The van der Waals surface area contributed by atoms with E-state index in [1.807, 2.05) is 24.3 Å². The zero-order valence-corrected chi connectivity index (χ0v) is 10.8. The Morgan fingerprint density at radius 3 is 2.80 bits per heavy atom. The van der Waals surface area contributed by atoms with Crippen LogP contribution in [-0.4, -0.2) is 16.8 Å². The predicted octanol–water partition coefficient (Wildman–Crippen LogP) is 1.86. The normalized spacial score (nSPS) is 9.67. The topological polar surface area (TPSA) is 79.0 Å². The highest BCUT2D eigenvalue weighted by molar-refractivity contribution is 14.1. The Hall–Kier alpha value is -0.760. The first-order valence-corrected chi connectivity index (χ1v) is 6.17. The lowest BCUT2D eigenvalue weighted by atomic mass is 10.3. The lowest BCUT2D eigenvalue weighted by molar-refractivity contribution is -0.113. The standard InChI is InChI=1S/C9H10IN3OS/c10-6-3-1-2-4-7(6)13-8(14)5-15-9(11)12/h1-4H,5H2,(H3,11,12)(H,13,14). The summed E-state index contributed by atoms with van der Waals surface area (Å²) in [6.07, 6.45) is 0. The molecule has 0 aromatic heterocycles. The summed E-state index contributed by atoms with van der Waals surface area (Å²) in [6.45, 7) is 0. The lowest BCUT2D eigenvalue weighted by Gasteiger charge is -2.06. The molecule has 0 spiro atoms. The second-order valence-corrected chi connectivity index (χ2v) is 4.86. The molecule has 0 saturated heterocycles. The van der Waals surface area contributed by atoms with Crippen LogP contribution in [0.5, 0.6) is 0 Å². The van der Waals surface area contributed by atoms with Crippen LogP contribution >= 0.6 is 34.4 Å². The molecule has 15 heavy (non-hydrogen) atoms. The summed E-state index contributed by atoms with van der Waals surface area (Å²) in [5.41, 5.74) is 5.91. The molecule has 80 valence electrons. The van der Waals surface area contributed by atoms with E-state index in [4.69, 9.17) is 11.1 Å². The maximum atomic E-state index is 11.4. The van der Waals surface area contributed by atoms with Crippen molar-refractivity contribution in [1.82, 2.24) is 0 Å². The molecule has 0 radical (unpaired) electrons. The monoisotopic (exact) mass is 335 g/mol. The third-order valence-electron chi connectivity index (χ3n) is 1.51. The van der Waals surface area contributed by atoms with Crippen LogP contribution in [-0.2, 0) is 4.79 Å². The van der Waals surface area contributed by atoms with Crippen LogP contribution in [0.15, 0.2) is 24.3 Å². The second kappa shape index (κ2) is 5.96. The van der Waals surface area contributed by atoms with Crippen LogP contribution in [0.25, 0.3) is 0 Å². The number of anilines is 1. The van der Waals surface area contributed by atoms with Crippen LogP contribution in [0.4, 0.5) is 5.69 Å². The summed E-state index contributed by atoms with van der Waals surface area (Å²) in [5.74, 6) is 0.0136. The van der Waals surface area contributed by atoms with E-state index in [1.54, 1.807) is 0 Å². The van der Waals surface area contributed by atoms with Crippen molar-refractivity contribution in [1.29, 1.82) is 5.41 Å². The summed E-state index contributed by atoms with van der Waals surface area (Å²) in [5, 5.41) is 9.67. The van der Waals surface area contributed by atoms with Crippen LogP contribution in [0.2, 0.25) is 0 Å². The Morgan fingerprint density at radius 1 is 1.53 bits per heavy atom. The van der Waals surface area contributed by atoms with Gasteiger partial charge in [0.25, 0.3) is 0 Å². The highest BCUT2D eigenvalue weighted by Crippen LogP contribution is 2.17. The largest absolute Gasteiger partial charge is 0.379 e. The van der Waals surface area contributed by atoms with Gasteiger partial charge in [0.2, 0.25) is 5.91 Å². The van der Waals surface area contributed by atoms with Gasteiger partial charge in [-0.05, 0) is 34.7 Å². The molecule has 1 amide bonds. The lowest BCUT2D eigenvalue weighted by Crippen LogP contribution is -2.17. The number of nitrogens with two attached hydrogens (primary N) is 1. The molecule has 0 bridgehead atoms. The minimum atomic E-state index is -0.153. The van der Waals surface area contributed by atoms with Gasteiger partial charge >= 0.3 is 0 Å². The summed E-state index contributed by atoms with van der Waals surface area (Å²) in [7, 11) is 0. The summed E-state index contributed by atoms with van der Waals surface area (Å²) < 4.78 is 0.983. The average molecular weight is 335 g/mol. The zero-order valence-electron chi connectivity index (χ0n) is 7.79. The van der Waals surface area contributed by atoms with E-state index in [1.165, 1.54) is 0 Å². The van der Waals surface area contributed by atoms with Gasteiger partial charge in [-0.3, -0.25) is 10.2 Å². The zero-order chi connectivity index (χ0) is 11.3. The molecule has 0 aliphatic carbocycles. The number of amides is 1. The Labute approximate surface area is 106 Å². The molecule has 0 unspecified atom stereocenters. The predicted molar refractivity (Wildman–Crippen MR) is 72.2 cm³/mol. The maximum absolute atomic E-state index is 11.4. The Morgan fingerprint density at radius 2 is 2.20 bits per heavy atom. The van der Waals surface area contributed by atoms with Crippen molar-refractivity contribution >= 4 is 51.1 Å². The molecular weight excluding hydrogens is 325 g/mol. The molecule has 1 aromatic rings. The smallest absolute Gasteiger partial charge is 0.234 e. The van der Waals surface area contributed by atoms with Gasteiger partial charge in [0.1, 0.15) is 0 Å². The van der Waals surface area contributed by atoms with Gasteiger partial charge in [-0.15, -0.1) is 0 Å². The molecule has 4 nitrogen and oxygen atoms in total. The highest BCUT2D eigenvalue weighted by atomic mass is 127. The van der Waals surface area contributed by atoms with E-state index in [0.29, 0.717) is 0 Å². The van der Waals surface area contributed by atoms with Crippen molar-refractivity contribution in [2.75, 3.05) is 11.1 Å². The average Bonchev–Trinajstić information content (AvgIpc) is 2.18. The number of para-hydroxylation sites is 1. The third-order valence-corrected chi connectivity index (χ3v) is 3.16. The molecule has 6 heteroatoms. The fraction of sp³-hybridized carbons (Fsp3) is 0.111. The molecule has 0 aliphatic heterocycles. The first-order valence-electron chi connectivity index (χ1n) is 4.11. The molecule has 0 saturated carbocycles. The minimum absolute atomic E-state index is 0.0482. The van der Waals surface area contributed by atoms with E-state index in [2.05, 4.69) is 27.9 Å². The van der Waals surface area contributed by atoms with E-state index in [0.717, 1.165) is 21.0 Å².